The van der Waals surface area contributed by atoms with E-state index in [0.29, 0.717) is 0 Å². The van der Waals surface area contributed by atoms with E-state index in [4.69, 9.17) is 5.14 Å². The molecule has 0 aromatic heterocycles. The zero-order chi connectivity index (χ0) is 14.8. The zero-order valence-corrected chi connectivity index (χ0v) is 11.8. The number of hydrogen-bond donors (Lipinski definition) is 3. The number of nitrogens with one attached hydrogen (secondary N) is 1. The molecule has 2 aromatic carbocycles. The first-order chi connectivity index (χ1) is 9.36. The maximum absolute atomic E-state index is 11.2. The molecule has 2 aromatic rings. The van der Waals surface area contributed by atoms with Crippen LogP contribution in [0.3, 0.4) is 0 Å². The van der Waals surface area contributed by atoms with Crippen molar-refractivity contribution in [1.82, 2.24) is 0 Å². The number of sulfonamides is 1. The number of nitrogens with two attached hydrogens (primary N) is 1. The minimum absolute atomic E-state index is 0.00549. The van der Waals surface area contributed by atoms with Gasteiger partial charge in [-0.3, -0.25) is 0 Å². The van der Waals surface area contributed by atoms with E-state index in [2.05, 4.69) is 5.32 Å². The summed E-state index contributed by atoms with van der Waals surface area (Å²) in [4.78, 5) is 0.0954. The van der Waals surface area contributed by atoms with Gasteiger partial charge in [0.05, 0.1) is 4.90 Å². The van der Waals surface area contributed by atoms with Crippen molar-refractivity contribution in [2.75, 3.05) is 5.32 Å². The molecular formula is C14H16N2O3S. The van der Waals surface area contributed by atoms with Crippen LogP contribution in [-0.4, -0.2) is 13.5 Å². The van der Waals surface area contributed by atoms with Gasteiger partial charge in [0, 0.05) is 11.7 Å². The lowest BCUT2D eigenvalue weighted by molar-refractivity contribution is 0.475. The molecule has 0 aliphatic heterocycles. The molecule has 0 bridgehead atoms. The number of anilines is 1. The molecule has 0 fully saturated rings. The van der Waals surface area contributed by atoms with Gasteiger partial charge in [-0.15, -0.1) is 0 Å². The summed E-state index contributed by atoms with van der Waals surface area (Å²) in [7, 11) is -3.66. The van der Waals surface area contributed by atoms with Crippen LogP contribution in [0.1, 0.15) is 18.5 Å². The van der Waals surface area contributed by atoms with Gasteiger partial charge in [-0.2, -0.15) is 0 Å². The highest BCUT2D eigenvalue weighted by Gasteiger charge is 2.09. The lowest BCUT2D eigenvalue weighted by Gasteiger charge is -2.16. The molecule has 0 aliphatic rings. The molecule has 1 atom stereocenters. The third kappa shape index (κ3) is 3.49. The molecule has 0 saturated carbocycles. The van der Waals surface area contributed by atoms with Crippen LogP contribution in [0.15, 0.2) is 53.4 Å². The topological polar surface area (TPSA) is 92.4 Å². The van der Waals surface area contributed by atoms with Crippen molar-refractivity contribution in [1.29, 1.82) is 0 Å². The molecule has 1 unspecified atom stereocenters. The minimum Gasteiger partial charge on any atom is -0.508 e. The third-order valence-electron chi connectivity index (χ3n) is 2.96. The van der Waals surface area contributed by atoms with Crippen LogP contribution in [0.4, 0.5) is 5.69 Å². The fraction of sp³-hybridized carbons (Fsp3) is 0.143. The van der Waals surface area contributed by atoms with Crippen molar-refractivity contribution < 1.29 is 13.5 Å². The van der Waals surface area contributed by atoms with E-state index in [-0.39, 0.29) is 16.7 Å². The van der Waals surface area contributed by atoms with Crippen LogP contribution in [-0.2, 0) is 10.0 Å². The Morgan fingerprint density at radius 2 is 1.60 bits per heavy atom. The third-order valence-corrected chi connectivity index (χ3v) is 3.89. The molecule has 0 saturated heterocycles. The molecule has 5 nitrogen and oxygen atoms in total. The largest absolute Gasteiger partial charge is 0.508 e. The van der Waals surface area contributed by atoms with E-state index < -0.39 is 10.0 Å². The summed E-state index contributed by atoms with van der Waals surface area (Å²) < 4.78 is 22.4. The van der Waals surface area contributed by atoms with Crippen molar-refractivity contribution >= 4 is 15.7 Å². The SMILES string of the molecule is CC(Nc1ccc(O)cc1)c1ccc(S(N)(=O)=O)cc1. The normalized spacial score (nSPS) is 12.9. The van der Waals surface area contributed by atoms with Crippen LogP contribution in [0.5, 0.6) is 5.75 Å². The molecule has 0 aliphatic carbocycles. The van der Waals surface area contributed by atoms with E-state index in [9.17, 15) is 13.5 Å². The Kier molecular flexibility index (Phi) is 3.96. The van der Waals surface area contributed by atoms with Gasteiger partial charge >= 0.3 is 0 Å². The molecule has 6 heteroatoms. The average Bonchev–Trinajstić information content (AvgIpc) is 2.40. The number of aromatic hydroxyl groups is 1. The van der Waals surface area contributed by atoms with Gasteiger partial charge in [0.2, 0.25) is 10.0 Å². The maximum Gasteiger partial charge on any atom is 0.238 e. The van der Waals surface area contributed by atoms with Crippen LogP contribution in [0.2, 0.25) is 0 Å². The molecule has 4 N–H and O–H groups in total. The van der Waals surface area contributed by atoms with Gasteiger partial charge in [0.15, 0.2) is 0 Å². The van der Waals surface area contributed by atoms with Crippen molar-refractivity contribution in [3.8, 4) is 5.75 Å². The summed E-state index contributed by atoms with van der Waals surface area (Å²) in [6.07, 6.45) is 0. The highest BCUT2D eigenvalue weighted by molar-refractivity contribution is 7.89. The highest BCUT2D eigenvalue weighted by Crippen LogP contribution is 2.22. The van der Waals surface area contributed by atoms with Gasteiger partial charge in [-0.25, -0.2) is 13.6 Å². The number of rotatable bonds is 4. The Morgan fingerprint density at radius 3 is 2.10 bits per heavy atom. The first-order valence-electron chi connectivity index (χ1n) is 6.04. The van der Waals surface area contributed by atoms with E-state index in [1.54, 1.807) is 36.4 Å². The van der Waals surface area contributed by atoms with Crippen LogP contribution >= 0.6 is 0 Å². The first kappa shape index (κ1) is 14.4. The summed E-state index contributed by atoms with van der Waals surface area (Å²) in [5, 5.41) is 17.5. The van der Waals surface area contributed by atoms with Gasteiger partial charge in [-0.05, 0) is 48.9 Å². The number of phenolic OH excluding ortho intramolecular Hbond substituents is 1. The van der Waals surface area contributed by atoms with E-state index in [1.807, 2.05) is 6.92 Å². The van der Waals surface area contributed by atoms with Gasteiger partial charge < -0.3 is 10.4 Å². The molecule has 0 amide bonds. The molecule has 0 spiro atoms. The van der Waals surface area contributed by atoms with Gasteiger partial charge in [-0.1, -0.05) is 12.1 Å². The predicted molar refractivity (Wildman–Crippen MR) is 78.0 cm³/mol. The first-order valence-corrected chi connectivity index (χ1v) is 7.59. The highest BCUT2D eigenvalue weighted by atomic mass is 32.2. The number of primary sulfonamides is 1. The van der Waals surface area contributed by atoms with Gasteiger partial charge in [0.1, 0.15) is 5.75 Å². The maximum atomic E-state index is 11.2. The average molecular weight is 292 g/mol. The summed E-state index contributed by atoms with van der Waals surface area (Å²) in [6.45, 7) is 1.96. The van der Waals surface area contributed by atoms with Crippen molar-refractivity contribution in [2.24, 2.45) is 5.14 Å². The summed E-state index contributed by atoms with van der Waals surface area (Å²) >= 11 is 0. The van der Waals surface area contributed by atoms with Crippen molar-refractivity contribution in [3.05, 3.63) is 54.1 Å². The van der Waals surface area contributed by atoms with E-state index in [1.165, 1.54) is 12.1 Å². The molecule has 0 radical (unpaired) electrons. The van der Waals surface area contributed by atoms with E-state index >= 15 is 0 Å². The quantitative estimate of drug-likeness (QED) is 0.753. The molecule has 2 rings (SSSR count). The molecule has 106 valence electrons. The predicted octanol–water partition coefficient (Wildman–Crippen LogP) is 2.21. The van der Waals surface area contributed by atoms with Crippen LogP contribution < -0.4 is 10.5 Å². The van der Waals surface area contributed by atoms with Crippen LogP contribution in [0, 0.1) is 0 Å². The van der Waals surface area contributed by atoms with Crippen molar-refractivity contribution in [2.45, 2.75) is 17.9 Å². The lowest BCUT2D eigenvalue weighted by Crippen LogP contribution is -2.12. The van der Waals surface area contributed by atoms with E-state index in [0.717, 1.165) is 11.3 Å². The second kappa shape index (κ2) is 5.52. The fourth-order valence-corrected chi connectivity index (χ4v) is 2.35. The summed E-state index contributed by atoms with van der Waals surface area (Å²) in [5.41, 5.74) is 1.80. The molecule has 20 heavy (non-hydrogen) atoms. The van der Waals surface area contributed by atoms with Crippen LogP contribution in [0.25, 0.3) is 0 Å². The Balaban J connectivity index is 2.13. The number of hydrogen-bond acceptors (Lipinski definition) is 4. The smallest absolute Gasteiger partial charge is 0.238 e. The monoisotopic (exact) mass is 292 g/mol. The number of benzene rings is 2. The Bertz CT molecular complexity index is 679. The second-order valence-electron chi connectivity index (χ2n) is 4.53. The second-order valence-corrected chi connectivity index (χ2v) is 6.09. The summed E-state index contributed by atoms with van der Waals surface area (Å²) in [5.74, 6) is 0.209. The Labute approximate surface area is 118 Å². The lowest BCUT2D eigenvalue weighted by atomic mass is 10.1. The zero-order valence-electron chi connectivity index (χ0n) is 10.9. The molecule has 0 heterocycles. The summed E-state index contributed by atoms with van der Waals surface area (Å²) in [6, 6.07) is 13.1. The standard InChI is InChI=1S/C14H16N2O3S/c1-10(16-12-4-6-13(17)7-5-12)11-2-8-14(9-3-11)20(15,18)19/h2-10,16-17H,1H3,(H2,15,18,19). The Morgan fingerprint density at radius 1 is 1.05 bits per heavy atom. The fourth-order valence-electron chi connectivity index (χ4n) is 1.84. The number of phenols is 1. The molecular weight excluding hydrogens is 276 g/mol. The van der Waals surface area contributed by atoms with Gasteiger partial charge in [0.25, 0.3) is 0 Å². The Hall–Kier alpha value is -2.05. The minimum atomic E-state index is -3.66. The van der Waals surface area contributed by atoms with Crippen molar-refractivity contribution in [3.63, 3.8) is 0 Å².